The molecule has 0 saturated heterocycles. The van der Waals surface area contributed by atoms with Crippen molar-refractivity contribution in [1.82, 2.24) is 15.3 Å². The fraction of sp³-hybridized carbons (Fsp3) is 0.300. The smallest absolute Gasteiger partial charge is 0.416 e. The van der Waals surface area contributed by atoms with Gasteiger partial charge in [-0.1, -0.05) is 6.07 Å². The van der Waals surface area contributed by atoms with Crippen LogP contribution < -0.4 is 14.8 Å². The highest BCUT2D eigenvalue weighted by atomic mass is 19.4. The van der Waals surface area contributed by atoms with Crippen LogP contribution >= 0.6 is 0 Å². The highest BCUT2D eigenvalue weighted by Crippen LogP contribution is 2.36. The maximum atomic E-state index is 13.8. The molecule has 1 atom stereocenters. The average molecular weight is 572 g/mol. The predicted octanol–water partition coefficient (Wildman–Crippen LogP) is 6.68. The van der Waals surface area contributed by atoms with Crippen LogP contribution in [-0.2, 0) is 10.9 Å². The minimum atomic E-state index is -4.60. The summed E-state index contributed by atoms with van der Waals surface area (Å²) in [6.45, 7) is 5.73. The standard InChI is InChI=1S/C30H29F4N3O4/c1-5-40-29(38)28-36-18(3)26-14-19(6-7-27(26)37-28)21-10-22(30(32,33)34)15-25(13-21)41-9-8-35-17(2)20-11-23(31)16-24(12-20)39-4/h6-7,10-17,35H,5,8-9H2,1-4H3. The van der Waals surface area contributed by atoms with Gasteiger partial charge in [0.15, 0.2) is 0 Å². The van der Waals surface area contributed by atoms with Crippen molar-refractivity contribution in [1.29, 1.82) is 0 Å². The van der Waals surface area contributed by atoms with Gasteiger partial charge in [0, 0.05) is 29.7 Å². The number of esters is 1. The molecule has 0 aliphatic rings. The Morgan fingerprint density at radius 3 is 2.49 bits per heavy atom. The zero-order chi connectivity index (χ0) is 29.7. The first kappa shape index (κ1) is 29.7. The monoisotopic (exact) mass is 571 g/mol. The fourth-order valence-corrected chi connectivity index (χ4v) is 4.28. The number of ether oxygens (including phenoxy) is 3. The van der Waals surface area contributed by atoms with E-state index in [9.17, 15) is 22.4 Å². The molecule has 1 unspecified atom stereocenters. The Hall–Kier alpha value is -4.25. The van der Waals surface area contributed by atoms with Crippen molar-refractivity contribution in [3.05, 3.63) is 83.1 Å². The van der Waals surface area contributed by atoms with E-state index in [1.807, 2.05) is 6.92 Å². The lowest BCUT2D eigenvalue weighted by Crippen LogP contribution is -2.24. The molecule has 1 aromatic heterocycles. The number of benzene rings is 3. The first-order valence-electron chi connectivity index (χ1n) is 12.9. The molecule has 4 rings (SSSR count). The molecular formula is C30H29F4N3O4. The van der Waals surface area contributed by atoms with Crippen molar-refractivity contribution >= 4 is 16.9 Å². The third kappa shape index (κ3) is 7.29. The Kier molecular flexibility index (Phi) is 9.07. The lowest BCUT2D eigenvalue weighted by molar-refractivity contribution is -0.137. The molecular weight excluding hydrogens is 542 g/mol. The second-order valence-corrected chi connectivity index (χ2v) is 9.28. The summed E-state index contributed by atoms with van der Waals surface area (Å²) in [5.41, 5.74) is 1.54. The molecule has 4 aromatic rings. The van der Waals surface area contributed by atoms with E-state index in [1.165, 1.54) is 25.3 Å². The van der Waals surface area contributed by atoms with E-state index in [2.05, 4.69) is 15.3 Å². The molecule has 1 heterocycles. The highest BCUT2D eigenvalue weighted by molar-refractivity contribution is 5.91. The Morgan fingerprint density at radius 1 is 1.00 bits per heavy atom. The molecule has 11 heteroatoms. The molecule has 0 spiro atoms. The van der Waals surface area contributed by atoms with E-state index in [-0.39, 0.29) is 30.8 Å². The Bertz CT molecular complexity index is 1560. The topological polar surface area (TPSA) is 82.6 Å². The number of fused-ring (bicyclic) bond motifs is 1. The van der Waals surface area contributed by atoms with Gasteiger partial charge in [-0.15, -0.1) is 0 Å². The van der Waals surface area contributed by atoms with Gasteiger partial charge in [-0.25, -0.2) is 19.2 Å². The van der Waals surface area contributed by atoms with E-state index in [0.29, 0.717) is 45.6 Å². The fourth-order valence-electron chi connectivity index (χ4n) is 4.28. The van der Waals surface area contributed by atoms with E-state index in [1.54, 1.807) is 38.1 Å². The van der Waals surface area contributed by atoms with Crippen molar-refractivity contribution in [3.63, 3.8) is 0 Å². The van der Waals surface area contributed by atoms with Gasteiger partial charge in [-0.05, 0) is 79.9 Å². The maximum absolute atomic E-state index is 13.8. The van der Waals surface area contributed by atoms with Crippen LogP contribution in [0.4, 0.5) is 17.6 Å². The van der Waals surface area contributed by atoms with Crippen LogP contribution in [-0.4, -0.2) is 42.8 Å². The van der Waals surface area contributed by atoms with Gasteiger partial charge < -0.3 is 19.5 Å². The first-order chi connectivity index (χ1) is 19.5. The molecule has 216 valence electrons. The average Bonchev–Trinajstić information content (AvgIpc) is 2.94. The summed E-state index contributed by atoms with van der Waals surface area (Å²) in [6.07, 6.45) is -4.60. The number of carbonyl (C=O) groups excluding carboxylic acids is 1. The van der Waals surface area contributed by atoms with Crippen LogP contribution in [0.1, 0.15) is 47.3 Å². The van der Waals surface area contributed by atoms with Crippen molar-refractivity contribution in [2.75, 3.05) is 26.9 Å². The molecule has 41 heavy (non-hydrogen) atoms. The van der Waals surface area contributed by atoms with Gasteiger partial charge in [0.05, 0.1) is 24.8 Å². The van der Waals surface area contributed by atoms with Gasteiger partial charge in [-0.3, -0.25) is 0 Å². The van der Waals surface area contributed by atoms with Gasteiger partial charge in [0.2, 0.25) is 5.82 Å². The van der Waals surface area contributed by atoms with E-state index < -0.39 is 23.5 Å². The van der Waals surface area contributed by atoms with Crippen molar-refractivity contribution in [2.45, 2.75) is 33.0 Å². The molecule has 0 fully saturated rings. The number of methoxy groups -OCH3 is 1. The number of nitrogens with one attached hydrogen (secondary N) is 1. The van der Waals surface area contributed by atoms with Gasteiger partial charge >= 0.3 is 12.1 Å². The highest BCUT2D eigenvalue weighted by Gasteiger charge is 2.31. The first-order valence-corrected chi connectivity index (χ1v) is 12.9. The lowest BCUT2D eigenvalue weighted by atomic mass is 10.00. The van der Waals surface area contributed by atoms with Gasteiger partial charge in [0.25, 0.3) is 0 Å². The molecule has 0 amide bonds. The van der Waals surface area contributed by atoms with Crippen molar-refractivity contribution in [2.24, 2.45) is 0 Å². The number of nitrogens with zero attached hydrogens (tertiary/aromatic N) is 2. The molecule has 0 bridgehead atoms. The molecule has 0 aliphatic carbocycles. The van der Waals surface area contributed by atoms with Crippen LogP contribution in [0.15, 0.2) is 54.6 Å². The third-order valence-electron chi connectivity index (χ3n) is 6.36. The minimum absolute atomic E-state index is 0.0439. The number of carbonyl (C=O) groups is 1. The number of alkyl halides is 3. The zero-order valence-corrected chi connectivity index (χ0v) is 22.9. The normalized spacial score (nSPS) is 12.3. The summed E-state index contributed by atoms with van der Waals surface area (Å²) in [7, 11) is 1.45. The predicted molar refractivity (Wildman–Crippen MR) is 146 cm³/mol. The maximum Gasteiger partial charge on any atom is 0.416 e. The Labute approximate surface area is 234 Å². The van der Waals surface area contributed by atoms with Crippen LogP contribution in [0, 0.1) is 12.7 Å². The lowest BCUT2D eigenvalue weighted by Gasteiger charge is -2.17. The van der Waals surface area contributed by atoms with Crippen molar-refractivity contribution < 1.29 is 36.6 Å². The van der Waals surface area contributed by atoms with Crippen LogP contribution in [0.25, 0.3) is 22.0 Å². The number of aryl methyl sites for hydroxylation is 1. The number of halogens is 4. The second-order valence-electron chi connectivity index (χ2n) is 9.28. The van der Waals surface area contributed by atoms with Gasteiger partial charge in [0.1, 0.15) is 23.9 Å². The van der Waals surface area contributed by atoms with Gasteiger partial charge in [-0.2, -0.15) is 13.2 Å². The largest absolute Gasteiger partial charge is 0.497 e. The molecule has 1 N–H and O–H groups in total. The number of aromatic nitrogens is 2. The van der Waals surface area contributed by atoms with E-state index in [0.717, 1.165) is 12.1 Å². The zero-order valence-electron chi connectivity index (χ0n) is 22.9. The summed E-state index contributed by atoms with van der Waals surface area (Å²) in [5.74, 6) is -0.742. The SMILES string of the molecule is CCOC(=O)c1nc(C)c2cc(-c3cc(OCCNC(C)c4cc(F)cc(OC)c4)cc(C(F)(F)F)c3)ccc2n1. The summed E-state index contributed by atoms with van der Waals surface area (Å²) < 4.78 is 70.9. The molecule has 7 nitrogen and oxygen atoms in total. The Balaban J connectivity index is 1.54. The van der Waals surface area contributed by atoms with Crippen LogP contribution in [0.5, 0.6) is 11.5 Å². The minimum Gasteiger partial charge on any atom is -0.497 e. The molecule has 0 radical (unpaired) electrons. The number of rotatable bonds is 10. The third-order valence-corrected chi connectivity index (χ3v) is 6.36. The molecule has 0 aliphatic heterocycles. The summed E-state index contributed by atoms with van der Waals surface area (Å²) in [4.78, 5) is 20.5. The van der Waals surface area contributed by atoms with E-state index in [4.69, 9.17) is 14.2 Å². The Morgan fingerprint density at radius 2 is 1.78 bits per heavy atom. The quantitative estimate of drug-likeness (QED) is 0.129. The molecule has 0 saturated carbocycles. The summed E-state index contributed by atoms with van der Waals surface area (Å²) in [6, 6.07) is 12.6. The van der Waals surface area contributed by atoms with Crippen LogP contribution in [0.2, 0.25) is 0 Å². The van der Waals surface area contributed by atoms with E-state index >= 15 is 0 Å². The summed E-state index contributed by atoms with van der Waals surface area (Å²) in [5, 5.41) is 3.76. The van der Waals surface area contributed by atoms with Crippen LogP contribution in [0.3, 0.4) is 0 Å². The van der Waals surface area contributed by atoms with Crippen molar-refractivity contribution in [3.8, 4) is 22.6 Å². The molecule has 3 aromatic carbocycles. The number of hydrogen-bond donors (Lipinski definition) is 1. The second kappa shape index (κ2) is 12.5. The summed E-state index contributed by atoms with van der Waals surface area (Å²) >= 11 is 0. The number of hydrogen-bond acceptors (Lipinski definition) is 7.